The van der Waals surface area contributed by atoms with Crippen LogP contribution in [-0.2, 0) is 40.3 Å². The zero-order valence-electron chi connectivity index (χ0n) is 39.7. The molecule has 0 atom stereocenters. The summed E-state index contributed by atoms with van der Waals surface area (Å²) in [6.45, 7) is 10.3. The van der Waals surface area contributed by atoms with Gasteiger partial charge in [0.25, 0.3) is 0 Å². The molecule has 1 aliphatic heterocycles. The zero-order chi connectivity index (χ0) is 45.5. The van der Waals surface area contributed by atoms with Gasteiger partial charge in [0.15, 0.2) is 0 Å². The number of aromatic nitrogens is 4. The van der Waals surface area contributed by atoms with Crippen molar-refractivity contribution in [1.82, 2.24) is 19.2 Å². The molecular formula is C52H68N6O7. The van der Waals surface area contributed by atoms with Crippen LogP contribution in [0.5, 0.6) is 23.0 Å². The Morgan fingerprint density at radius 3 is 1.52 bits per heavy atom. The van der Waals surface area contributed by atoms with Gasteiger partial charge in [-0.1, -0.05) is 26.0 Å². The van der Waals surface area contributed by atoms with Crippen LogP contribution in [0.3, 0.4) is 0 Å². The minimum atomic E-state index is 0.492. The number of nitrogens with one attached hydrogen (secondary N) is 1. The van der Waals surface area contributed by atoms with Gasteiger partial charge in [-0.2, -0.15) is 10.2 Å². The van der Waals surface area contributed by atoms with E-state index in [9.17, 15) is 0 Å². The number of pyridine rings is 2. The topological polar surface area (TPSA) is 114 Å². The Balaban J connectivity index is 0.000000181. The molecule has 3 aliphatic rings. The average molecular weight is 889 g/mol. The highest BCUT2D eigenvalue weighted by atomic mass is 16.5. The summed E-state index contributed by atoms with van der Waals surface area (Å²) in [5.74, 6) is 5.23. The van der Waals surface area contributed by atoms with Gasteiger partial charge in [0.05, 0.1) is 98.0 Å². The smallest absolute Gasteiger partial charge is 0.132 e. The molecule has 2 aromatic carbocycles. The standard InChI is InChI=1S/C29H39N3O4.C23H29N3O3/c1-5-23-29(31(17-20-9-10-20)18-21-11-13-36-14-12-21)25-8-6-7-24(32(25)30-23)28-26(34-3)15-22(19-33-2)16-27(28)35-4;1-5-17-23(24-13-15-9-10-15)19-8-6-7-18(26(19)25-17)22-20(28-3)11-16(14-27-2)12-21(22)29-4/h6-8,15-16,20-21H,5,9-14,17-19H2,1-4H3;6-8,11-12,15,24H,5,9-10,13-14H2,1-4H3. The van der Waals surface area contributed by atoms with E-state index in [0.717, 1.165) is 155 Å². The highest BCUT2D eigenvalue weighted by Crippen LogP contribution is 2.44. The first-order chi connectivity index (χ1) is 31.9. The molecule has 1 N–H and O–H groups in total. The molecule has 13 nitrogen and oxygen atoms in total. The van der Waals surface area contributed by atoms with Crippen LogP contribution in [0.1, 0.15) is 74.9 Å². The highest BCUT2D eigenvalue weighted by Gasteiger charge is 2.31. The Labute approximate surface area is 384 Å². The summed E-state index contributed by atoms with van der Waals surface area (Å²) in [5.41, 5.74) is 12.5. The largest absolute Gasteiger partial charge is 0.496 e. The van der Waals surface area contributed by atoms with Crippen molar-refractivity contribution >= 4 is 22.4 Å². The van der Waals surface area contributed by atoms with E-state index in [-0.39, 0.29) is 0 Å². The Morgan fingerprint density at radius 2 is 1.06 bits per heavy atom. The Bertz CT molecular complexity index is 2490. The fraction of sp³-hybridized carbons (Fsp3) is 0.500. The molecule has 13 heteroatoms. The minimum absolute atomic E-state index is 0.492. The van der Waals surface area contributed by atoms with Crippen LogP contribution < -0.4 is 29.2 Å². The first kappa shape index (κ1) is 46.0. The third-order valence-corrected chi connectivity index (χ3v) is 12.9. The van der Waals surface area contributed by atoms with Crippen LogP contribution in [0.25, 0.3) is 33.5 Å². The molecule has 348 valence electrons. The molecule has 4 aromatic heterocycles. The van der Waals surface area contributed by atoms with Gasteiger partial charge in [-0.05, 0) is 129 Å². The number of aryl methyl sites for hydroxylation is 2. The first-order valence-corrected chi connectivity index (χ1v) is 23.4. The number of ether oxygens (including phenoxy) is 7. The molecule has 0 unspecified atom stereocenters. The Kier molecular flexibility index (Phi) is 15.0. The lowest BCUT2D eigenvalue weighted by atomic mass is 9.99. The molecular weight excluding hydrogens is 821 g/mol. The predicted octanol–water partition coefficient (Wildman–Crippen LogP) is 9.92. The summed E-state index contributed by atoms with van der Waals surface area (Å²) in [6.07, 6.45) is 9.32. The van der Waals surface area contributed by atoms with Crippen molar-refractivity contribution in [3.63, 3.8) is 0 Å². The number of nitrogens with zero attached hydrogens (tertiary/aromatic N) is 5. The van der Waals surface area contributed by atoms with Gasteiger partial charge in [0.1, 0.15) is 23.0 Å². The number of benzene rings is 2. The monoisotopic (exact) mass is 889 g/mol. The lowest BCUT2D eigenvalue weighted by Gasteiger charge is -2.31. The lowest BCUT2D eigenvalue weighted by Crippen LogP contribution is -2.34. The molecule has 0 radical (unpaired) electrons. The number of methoxy groups -OCH3 is 6. The van der Waals surface area contributed by atoms with Crippen molar-refractivity contribution in [2.24, 2.45) is 17.8 Å². The number of anilines is 2. The van der Waals surface area contributed by atoms with Crippen molar-refractivity contribution < 1.29 is 33.2 Å². The molecule has 3 fully saturated rings. The van der Waals surface area contributed by atoms with Gasteiger partial charge < -0.3 is 43.4 Å². The van der Waals surface area contributed by atoms with Crippen LogP contribution in [0.2, 0.25) is 0 Å². The molecule has 9 rings (SSSR count). The van der Waals surface area contributed by atoms with E-state index in [4.69, 9.17) is 43.4 Å². The summed E-state index contributed by atoms with van der Waals surface area (Å²) in [5, 5.41) is 13.8. The van der Waals surface area contributed by atoms with E-state index in [1.54, 1.807) is 42.7 Å². The molecule has 5 heterocycles. The maximum absolute atomic E-state index is 5.85. The van der Waals surface area contributed by atoms with Crippen molar-refractivity contribution in [1.29, 1.82) is 0 Å². The number of hydrogen-bond acceptors (Lipinski definition) is 11. The Hall–Kier alpha value is -5.50. The maximum Gasteiger partial charge on any atom is 0.132 e. The highest BCUT2D eigenvalue weighted by molar-refractivity contribution is 5.84. The van der Waals surface area contributed by atoms with Gasteiger partial charge in [0, 0.05) is 47.1 Å². The first-order valence-electron chi connectivity index (χ1n) is 23.4. The van der Waals surface area contributed by atoms with Crippen molar-refractivity contribution in [3.8, 4) is 45.5 Å². The summed E-state index contributed by atoms with van der Waals surface area (Å²) in [7, 11) is 10.1. The van der Waals surface area contributed by atoms with Crippen LogP contribution in [-0.4, -0.2) is 94.7 Å². The average Bonchev–Trinajstić information content (AvgIpc) is 4.28. The molecule has 65 heavy (non-hydrogen) atoms. The third kappa shape index (κ3) is 10.2. The van der Waals surface area contributed by atoms with Gasteiger partial charge in [-0.3, -0.25) is 0 Å². The zero-order valence-corrected chi connectivity index (χ0v) is 39.7. The predicted molar refractivity (Wildman–Crippen MR) is 257 cm³/mol. The van der Waals surface area contributed by atoms with Gasteiger partial charge in [-0.25, -0.2) is 9.03 Å². The van der Waals surface area contributed by atoms with E-state index in [2.05, 4.69) is 65.0 Å². The van der Waals surface area contributed by atoms with Gasteiger partial charge >= 0.3 is 0 Å². The summed E-state index contributed by atoms with van der Waals surface area (Å²) in [4.78, 5) is 2.63. The fourth-order valence-corrected chi connectivity index (χ4v) is 9.24. The minimum Gasteiger partial charge on any atom is -0.496 e. The molecule has 1 saturated heterocycles. The summed E-state index contributed by atoms with van der Waals surface area (Å²) >= 11 is 0. The van der Waals surface area contributed by atoms with Crippen LogP contribution >= 0.6 is 0 Å². The summed E-state index contributed by atoms with van der Waals surface area (Å²) in [6, 6.07) is 20.7. The van der Waals surface area contributed by atoms with Gasteiger partial charge in [-0.15, -0.1) is 0 Å². The third-order valence-electron chi connectivity index (χ3n) is 12.9. The molecule has 6 aromatic rings. The quantitative estimate of drug-likeness (QED) is 0.0790. The second-order valence-electron chi connectivity index (χ2n) is 17.6. The van der Waals surface area contributed by atoms with E-state index in [0.29, 0.717) is 19.1 Å². The van der Waals surface area contributed by atoms with Gasteiger partial charge in [0.2, 0.25) is 0 Å². The molecule has 2 aliphatic carbocycles. The molecule has 0 amide bonds. The van der Waals surface area contributed by atoms with Crippen LogP contribution in [0.15, 0.2) is 60.7 Å². The van der Waals surface area contributed by atoms with E-state index in [1.807, 2.05) is 28.8 Å². The van der Waals surface area contributed by atoms with Crippen molar-refractivity contribution in [2.45, 2.75) is 78.4 Å². The normalized spacial score (nSPS) is 15.2. The second-order valence-corrected chi connectivity index (χ2v) is 17.6. The molecule has 2 saturated carbocycles. The van der Waals surface area contributed by atoms with Crippen molar-refractivity contribution in [2.75, 3.05) is 85.7 Å². The van der Waals surface area contributed by atoms with E-state index < -0.39 is 0 Å². The maximum atomic E-state index is 5.85. The number of fused-ring (bicyclic) bond motifs is 2. The molecule has 0 bridgehead atoms. The number of hydrogen-bond donors (Lipinski definition) is 1. The van der Waals surface area contributed by atoms with Crippen molar-refractivity contribution in [3.05, 3.63) is 83.2 Å². The fourth-order valence-electron chi connectivity index (χ4n) is 9.24. The van der Waals surface area contributed by atoms with E-state index >= 15 is 0 Å². The number of rotatable bonds is 20. The Morgan fingerprint density at radius 1 is 0.600 bits per heavy atom. The lowest BCUT2D eigenvalue weighted by molar-refractivity contribution is 0.0681. The summed E-state index contributed by atoms with van der Waals surface area (Å²) < 4.78 is 43.6. The van der Waals surface area contributed by atoms with Crippen LogP contribution in [0.4, 0.5) is 11.4 Å². The second kappa shape index (κ2) is 21.2. The SMILES string of the molecule is CCc1nn2c(-c3c(OC)cc(COC)cc3OC)cccc2c1N(CC1CCOCC1)CC1CC1.CCc1nn2c(-c3c(OC)cc(COC)cc3OC)cccc2c1NCC1CC1. The molecule has 0 spiro atoms. The van der Waals surface area contributed by atoms with Crippen LogP contribution in [0, 0.1) is 17.8 Å². The van der Waals surface area contributed by atoms with E-state index in [1.165, 1.54) is 31.4 Å².